The molecule has 0 radical (unpaired) electrons. The van der Waals surface area contributed by atoms with Crippen molar-refractivity contribution in [3.8, 4) is 5.69 Å². The van der Waals surface area contributed by atoms with Crippen molar-refractivity contribution in [2.24, 2.45) is 5.73 Å². The minimum absolute atomic E-state index is 0. The molecule has 2 aromatic rings. The lowest BCUT2D eigenvalue weighted by molar-refractivity contribution is -0.384. The maximum Gasteiger partial charge on any atom is 0.294 e. The first-order valence-electron chi connectivity index (χ1n) is 7.78. The Morgan fingerprint density at radius 2 is 2.04 bits per heavy atom. The molecular formula is C16H20ClN5O4. The average molecular weight is 382 g/mol. The second kappa shape index (κ2) is 9.64. The van der Waals surface area contributed by atoms with Gasteiger partial charge in [0.25, 0.3) is 11.6 Å². The minimum Gasteiger partial charge on any atom is -0.351 e. The van der Waals surface area contributed by atoms with E-state index in [9.17, 15) is 19.7 Å². The number of aromatic nitrogens is 2. The molecule has 1 aromatic heterocycles. The van der Waals surface area contributed by atoms with Crippen LogP contribution in [0.15, 0.2) is 35.1 Å². The quantitative estimate of drug-likeness (QED) is 0.422. The van der Waals surface area contributed by atoms with E-state index in [-0.39, 0.29) is 29.5 Å². The normalized spacial score (nSPS) is 10.1. The summed E-state index contributed by atoms with van der Waals surface area (Å²) in [5, 5.41) is 17.9. The summed E-state index contributed by atoms with van der Waals surface area (Å²) < 4.78 is 1.23. The van der Waals surface area contributed by atoms with Gasteiger partial charge in [-0.05, 0) is 32.4 Å². The summed E-state index contributed by atoms with van der Waals surface area (Å²) in [5.74, 6) is -0.616. The van der Waals surface area contributed by atoms with Crippen LogP contribution in [0.5, 0.6) is 0 Å². The van der Waals surface area contributed by atoms with Crippen molar-refractivity contribution in [3.05, 3.63) is 62.1 Å². The van der Waals surface area contributed by atoms with Crippen molar-refractivity contribution in [1.82, 2.24) is 15.1 Å². The molecule has 0 fully saturated rings. The zero-order valence-corrected chi connectivity index (χ0v) is 15.0. The highest BCUT2D eigenvalue weighted by atomic mass is 35.5. The highest BCUT2D eigenvalue weighted by Crippen LogP contribution is 2.22. The highest BCUT2D eigenvalue weighted by Gasteiger charge is 2.19. The number of carbonyl (C=O) groups excluding carboxylic acids is 1. The van der Waals surface area contributed by atoms with Crippen molar-refractivity contribution in [1.29, 1.82) is 0 Å². The molecule has 10 heteroatoms. The average Bonchev–Trinajstić information content (AvgIpc) is 2.58. The number of para-hydroxylation sites is 2. The highest BCUT2D eigenvalue weighted by molar-refractivity contribution is 5.92. The van der Waals surface area contributed by atoms with Crippen LogP contribution in [-0.4, -0.2) is 33.7 Å². The molecular weight excluding hydrogens is 362 g/mol. The number of benzene rings is 1. The van der Waals surface area contributed by atoms with Crippen LogP contribution >= 0.6 is 12.4 Å². The maximum absolute atomic E-state index is 12.2. The zero-order chi connectivity index (χ0) is 18.4. The molecule has 140 valence electrons. The fourth-order valence-electron chi connectivity index (χ4n) is 2.30. The summed E-state index contributed by atoms with van der Waals surface area (Å²) in [4.78, 5) is 34.9. The monoisotopic (exact) mass is 381 g/mol. The van der Waals surface area contributed by atoms with Crippen molar-refractivity contribution in [2.75, 3.05) is 13.1 Å². The third-order valence-corrected chi connectivity index (χ3v) is 3.55. The zero-order valence-electron chi connectivity index (χ0n) is 14.2. The molecule has 0 bridgehead atoms. The molecule has 0 atom stereocenters. The standard InChI is InChI=1S/C16H19N5O4.ClH/c1-11-10-14(22)15(16(23)18-9-5-4-8-17)19-20(11)12-6-2-3-7-13(12)21(24)25;/h2-3,6-7,10H,4-5,8-9,17H2,1H3,(H,18,23);1H. The lowest BCUT2D eigenvalue weighted by Crippen LogP contribution is -2.32. The van der Waals surface area contributed by atoms with E-state index in [2.05, 4.69) is 10.4 Å². The Balaban J connectivity index is 0.00000338. The largest absolute Gasteiger partial charge is 0.351 e. The summed E-state index contributed by atoms with van der Waals surface area (Å²) in [7, 11) is 0. The van der Waals surface area contributed by atoms with Gasteiger partial charge in [-0.1, -0.05) is 12.1 Å². The van der Waals surface area contributed by atoms with Crippen LogP contribution in [0.2, 0.25) is 0 Å². The fraction of sp³-hybridized carbons (Fsp3) is 0.312. The number of nitro benzene ring substituents is 1. The first-order valence-corrected chi connectivity index (χ1v) is 7.78. The van der Waals surface area contributed by atoms with E-state index in [1.165, 1.54) is 28.9 Å². The van der Waals surface area contributed by atoms with Gasteiger partial charge in [-0.2, -0.15) is 5.10 Å². The van der Waals surface area contributed by atoms with Gasteiger partial charge in [0.1, 0.15) is 5.69 Å². The van der Waals surface area contributed by atoms with Gasteiger partial charge in [0.2, 0.25) is 5.43 Å². The van der Waals surface area contributed by atoms with E-state index in [1.54, 1.807) is 13.0 Å². The lowest BCUT2D eigenvalue weighted by atomic mass is 10.2. The number of rotatable bonds is 7. The first-order chi connectivity index (χ1) is 12.0. The van der Waals surface area contributed by atoms with Crippen LogP contribution in [0.3, 0.4) is 0 Å². The molecule has 0 saturated heterocycles. The number of unbranched alkanes of at least 4 members (excludes halogenated alkanes) is 1. The molecule has 0 saturated carbocycles. The van der Waals surface area contributed by atoms with Gasteiger partial charge < -0.3 is 11.1 Å². The van der Waals surface area contributed by atoms with Crippen LogP contribution in [0.1, 0.15) is 29.0 Å². The number of nitrogens with zero attached hydrogens (tertiary/aromatic N) is 3. The Morgan fingerprint density at radius 3 is 2.69 bits per heavy atom. The molecule has 0 unspecified atom stereocenters. The van der Waals surface area contributed by atoms with E-state index in [1.807, 2.05) is 0 Å². The van der Waals surface area contributed by atoms with E-state index in [4.69, 9.17) is 5.73 Å². The fourth-order valence-corrected chi connectivity index (χ4v) is 2.30. The van der Waals surface area contributed by atoms with Crippen molar-refractivity contribution in [3.63, 3.8) is 0 Å². The van der Waals surface area contributed by atoms with Crippen LogP contribution in [0.4, 0.5) is 5.69 Å². The number of hydrogen-bond donors (Lipinski definition) is 2. The third kappa shape index (κ3) is 4.87. The Kier molecular flexibility index (Phi) is 7.88. The number of aryl methyl sites for hydroxylation is 1. The maximum atomic E-state index is 12.2. The second-order valence-electron chi connectivity index (χ2n) is 5.41. The molecule has 0 spiro atoms. The predicted octanol–water partition coefficient (Wildman–Crippen LogP) is 1.34. The van der Waals surface area contributed by atoms with Gasteiger partial charge in [-0.3, -0.25) is 19.7 Å². The molecule has 2 rings (SSSR count). The molecule has 0 aliphatic heterocycles. The summed E-state index contributed by atoms with van der Waals surface area (Å²) in [6, 6.07) is 7.23. The number of nitrogens with two attached hydrogens (primary N) is 1. The Morgan fingerprint density at radius 1 is 1.35 bits per heavy atom. The predicted molar refractivity (Wildman–Crippen MR) is 99.1 cm³/mol. The Bertz CT molecular complexity index is 853. The second-order valence-corrected chi connectivity index (χ2v) is 5.41. The van der Waals surface area contributed by atoms with E-state index < -0.39 is 16.3 Å². The van der Waals surface area contributed by atoms with Gasteiger partial charge in [0.15, 0.2) is 5.69 Å². The van der Waals surface area contributed by atoms with Gasteiger partial charge in [0.05, 0.1) is 4.92 Å². The van der Waals surface area contributed by atoms with Crippen LogP contribution in [0, 0.1) is 17.0 Å². The van der Waals surface area contributed by atoms with Gasteiger partial charge >= 0.3 is 0 Å². The summed E-state index contributed by atoms with van der Waals surface area (Å²) in [6.07, 6.45) is 1.44. The van der Waals surface area contributed by atoms with E-state index in [0.29, 0.717) is 25.2 Å². The SMILES string of the molecule is Cc1cc(=O)c(C(=O)NCCCCN)nn1-c1ccccc1[N+](=O)[O-].Cl. The summed E-state index contributed by atoms with van der Waals surface area (Å²) in [5.41, 5.74) is 4.94. The van der Waals surface area contributed by atoms with Gasteiger partial charge in [-0.15, -0.1) is 12.4 Å². The topological polar surface area (TPSA) is 133 Å². The molecule has 1 amide bonds. The first kappa shape index (κ1) is 21.3. The molecule has 0 aliphatic carbocycles. The van der Waals surface area contributed by atoms with Crippen LogP contribution in [-0.2, 0) is 0 Å². The Labute approximate surface area is 155 Å². The van der Waals surface area contributed by atoms with E-state index >= 15 is 0 Å². The molecule has 3 N–H and O–H groups in total. The van der Waals surface area contributed by atoms with Gasteiger partial charge in [-0.25, -0.2) is 4.68 Å². The van der Waals surface area contributed by atoms with Crippen LogP contribution in [0.25, 0.3) is 5.69 Å². The smallest absolute Gasteiger partial charge is 0.294 e. The molecule has 0 aliphatic rings. The Hall–Kier alpha value is -2.78. The molecule has 1 heterocycles. The number of halogens is 1. The summed E-state index contributed by atoms with van der Waals surface area (Å²) in [6.45, 7) is 2.48. The van der Waals surface area contributed by atoms with Crippen molar-refractivity contribution in [2.45, 2.75) is 19.8 Å². The molecule has 26 heavy (non-hydrogen) atoms. The summed E-state index contributed by atoms with van der Waals surface area (Å²) >= 11 is 0. The number of hydrogen-bond acceptors (Lipinski definition) is 6. The lowest BCUT2D eigenvalue weighted by Gasteiger charge is -2.11. The number of amides is 1. The number of carbonyl (C=O) groups is 1. The van der Waals surface area contributed by atoms with Gasteiger partial charge in [0, 0.05) is 24.4 Å². The van der Waals surface area contributed by atoms with Crippen molar-refractivity contribution >= 4 is 24.0 Å². The number of nitrogens with one attached hydrogen (secondary N) is 1. The minimum atomic E-state index is -0.616. The third-order valence-electron chi connectivity index (χ3n) is 3.55. The van der Waals surface area contributed by atoms with Crippen molar-refractivity contribution < 1.29 is 9.72 Å². The molecule has 1 aromatic carbocycles. The van der Waals surface area contributed by atoms with Crippen LogP contribution < -0.4 is 16.5 Å². The van der Waals surface area contributed by atoms with E-state index in [0.717, 1.165) is 6.42 Å². The molecule has 9 nitrogen and oxygen atoms in total. The number of nitro groups is 1.